The number of hydrogen-bond donors (Lipinski definition) is 1. The van der Waals surface area contributed by atoms with E-state index in [2.05, 4.69) is 15.5 Å². The fourth-order valence-electron chi connectivity index (χ4n) is 1.56. The van der Waals surface area contributed by atoms with Crippen molar-refractivity contribution in [3.63, 3.8) is 0 Å². The summed E-state index contributed by atoms with van der Waals surface area (Å²) < 4.78 is 6.31. The van der Waals surface area contributed by atoms with Crippen molar-refractivity contribution >= 4 is 23.6 Å². The molecular formula is C9H13N5O4S. The van der Waals surface area contributed by atoms with E-state index >= 15 is 0 Å². The van der Waals surface area contributed by atoms with Gasteiger partial charge in [0.2, 0.25) is 11.1 Å². The van der Waals surface area contributed by atoms with Gasteiger partial charge in [-0.15, -0.1) is 5.10 Å². The molecule has 0 atom stereocenters. The van der Waals surface area contributed by atoms with Crippen LogP contribution in [0.2, 0.25) is 0 Å². The smallest absolute Gasteiger partial charge is 0.325 e. The molecule has 1 aromatic heterocycles. The zero-order chi connectivity index (χ0) is 13.7. The number of nitrogens with zero attached hydrogens (tertiary/aromatic N) is 5. The normalized spacial score (nSPS) is 15.5. The first-order chi connectivity index (χ1) is 9.16. The third-order valence-corrected chi connectivity index (χ3v) is 3.41. The predicted octanol–water partition coefficient (Wildman–Crippen LogP) is -1.29. The summed E-state index contributed by atoms with van der Waals surface area (Å²) in [5.41, 5.74) is 0. The van der Waals surface area contributed by atoms with E-state index in [-0.39, 0.29) is 18.2 Å². The van der Waals surface area contributed by atoms with Crippen molar-refractivity contribution in [1.29, 1.82) is 0 Å². The second-order valence-corrected chi connectivity index (χ2v) is 4.74. The van der Waals surface area contributed by atoms with Gasteiger partial charge in [-0.05, 0) is 10.4 Å². The number of carboxylic acids is 1. The molecule has 104 valence electrons. The van der Waals surface area contributed by atoms with E-state index in [1.165, 1.54) is 0 Å². The van der Waals surface area contributed by atoms with E-state index in [9.17, 15) is 9.59 Å². The van der Waals surface area contributed by atoms with Crippen molar-refractivity contribution < 1.29 is 19.4 Å². The molecule has 0 aliphatic carbocycles. The van der Waals surface area contributed by atoms with Gasteiger partial charge in [-0.3, -0.25) is 9.59 Å². The number of ether oxygens (including phenoxy) is 1. The molecule has 0 unspecified atom stereocenters. The Morgan fingerprint density at radius 1 is 1.37 bits per heavy atom. The van der Waals surface area contributed by atoms with Crippen LogP contribution < -0.4 is 0 Å². The minimum atomic E-state index is -1.03. The van der Waals surface area contributed by atoms with Gasteiger partial charge in [-0.1, -0.05) is 11.8 Å². The van der Waals surface area contributed by atoms with Crippen LogP contribution in [0.25, 0.3) is 0 Å². The second kappa shape index (κ2) is 6.48. The van der Waals surface area contributed by atoms with E-state index < -0.39 is 5.97 Å². The highest BCUT2D eigenvalue weighted by Gasteiger charge is 2.18. The van der Waals surface area contributed by atoms with Crippen LogP contribution in [0.4, 0.5) is 0 Å². The summed E-state index contributed by atoms with van der Waals surface area (Å²) in [6.45, 7) is 1.94. The third-order valence-electron chi connectivity index (χ3n) is 2.47. The lowest BCUT2D eigenvalue weighted by molar-refractivity contribution is -0.138. The predicted molar refractivity (Wildman–Crippen MR) is 63.6 cm³/mol. The van der Waals surface area contributed by atoms with Gasteiger partial charge in [0, 0.05) is 13.1 Å². The number of thioether (sulfide) groups is 1. The van der Waals surface area contributed by atoms with Crippen LogP contribution in [0.5, 0.6) is 0 Å². The molecule has 1 N–H and O–H groups in total. The van der Waals surface area contributed by atoms with Crippen LogP contribution >= 0.6 is 11.8 Å². The minimum Gasteiger partial charge on any atom is -0.480 e. The van der Waals surface area contributed by atoms with Crippen molar-refractivity contribution in [2.45, 2.75) is 11.7 Å². The van der Waals surface area contributed by atoms with Crippen LogP contribution in [0.1, 0.15) is 0 Å². The lowest BCUT2D eigenvalue weighted by Crippen LogP contribution is -2.41. The Balaban J connectivity index is 1.86. The van der Waals surface area contributed by atoms with Crippen LogP contribution in [-0.4, -0.2) is 74.1 Å². The Hall–Kier alpha value is -1.68. The Bertz CT molecular complexity index is 459. The SMILES string of the molecule is O=C(O)Cn1nnnc1SCC(=O)N1CCOCC1. The molecule has 0 spiro atoms. The first-order valence-electron chi connectivity index (χ1n) is 5.63. The molecule has 2 rings (SSSR count). The molecule has 0 saturated carbocycles. The van der Waals surface area contributed by atoms with Crippen LogP contribution in [-0.2, 0) is 20.9 Å². The van der Waals surface area contributed by atoms with Crippen molar-refractivity contribution in [2.75, 3.05) is 32.1 Å². The molecule has 9 nitrogen and oxygen atoms in total. The first kappa shape index (κ1) is 13.7. The third kappa shape index (κ3) is 3.89. The molecular weight excluding hydrogens is 274 g/mol. The van der Waals surface area contributed by atoms with Gasteiger partial charge in [-0.25, -0.2) is 4.68 Å². The molecule has 1 fully saturated rings. The number of carbonyl (C=O) groups excluding carboxylic acids is 1. The maximum atomic E-state index is 11.9. The maximum absolute atomic E-state index is 11.9. The Labute approximate surface area is 112 Å². The van der Waals surface area contributed by atoms with Gasteiger partial charge in [0.15, 0.2) is 0 Å². The van der Waals surface area contributed by atoms with Gasteiger partial charge in [-0.2, -0.15) is 0 Å². The second-order valence-electron chi connectivity index (χ2n) is 3.79. The molecule has 10 heteroatoms. The van der Waals surface area contributed by atoms with E-state index in [0.29, 0.717) is 31.5 Å². The number of carbonyl (C=O) groups is 2. The van der Waals surface area contributed by atoms with Gasteiger partial charge in [0.25, 0.3) is 0 Å². The van der Waals surface area contributed by atoms with E-state index in [1.807, 2.05) is 0 Å². The number of amides is 1. The molecule has 2 heterocycles. The highest BCUT2D eigenvalue weighted by Crippen LogP contribution is 2.14. The number of hydrogen-bond acceptors (Lipinski definition) is 7. The summed E-state index contributed by atoms with van der Waals surface area (Å²) in [5, 5.41) is 19.6. The number of tetrazole rings is 1. The topological polar surface area (TPSA) is 110 Å². The standard InChI is InChI=1S/C9H13N5O4S/c15-7(13-1-3-18-4-2-13)6-19-9-10-11-12-14(9)5-8(16)17/h1-6H2,(H,16,17). The van der Waals surface area contributed by atoms with Gasteiger partial charge < -0.3 is 14.7 Å². The highest BCUT2D eigenvalue weighted by atomic mass is 32.2. The summed E-state index contributed by atoms with van der Waals surface area (Å²) in [4.78, 5) is 24.2. The summed E-state index contributed by atoms with van der Waals surface area (Å²) >= 11 is 1.13. The summed E-state index contributed by atoms with van der Waals surface area (Å²) in [5.74, 6) is -0.883. The van der Waals surface area contributed by atoms with Crippen molar-refractivity contribution in [3.05, 3.63) is 0 Å². The van der Waals surface area contributed by atoms with E-state index in [4.69, 9.17) is 9.84 Å². The van der Waals surface area contributed by atoms with Crippen molar-refractivity contribution in [3.8, 4) is 0 Å². The Morgan fingerprint density at radius 3 is 2.79 bits per heavy atom. The molecule has 1 amide bonds. The number of aliphatic carboxylic acids is 1. The van der Waals surface area contributed by atoms with Crippen molar-refractivity contribution in [1.82, 2.24) is 25.1 Å². The molecule has 0 radical (unpaired) electrons. The van der Waals surface area contributed by atoms with Gasteiger partial charge in [0.1, 0.15) is 6.54 Å². The monoisotopic (exact) mass is 287 g/mol. The zero-order valence-corrected chi connectivity index (χ0v) is 10.9. The average Bonchev–Trinajstić information content (AvgIpc) is 2.83. The average molecular weight is 287 g/mol. The Morgan fingerprint density at radius 2 is 2.11 bits per heavy atom. The van der Waals surface area contributed by atoms with Crippen LogP contribution in [0.15, 0.2) is 5.16 Å². The summed E-state index contributed by atoms with van der Waals surface area (Å²) in [6.07, 6.45) is 0. The maximum Gasteiger partial charge on any atom is 0.325 e. The number of morpholine rings is 1. The molecule has 1 aliphatic heterocycles. The molecule has 1 aliphatic rings. The molecule has 0 aromatic carbocycles. The molecule has 1 aromatic rings. The fraction of sp³-hybridized carbons (Fsp3) is 0.667. The Kier molecular flexibility index (Phi) is 4.68. The minimum absolute atomic E-state index is 0.0295. The van der Waals surface area contributed by atoms with E-state index in [1.54, 1.807) is 4.90 Å². The van der Waals surface area contributed by atoms with Crippen molar-refractivity contribution in [2.24, 2.45) is 0 Å². The van der Waals surface area contributed by atoms with Gasteiger partial charge >= 0.3 is 5.97 Å². The van der Waals surface area contributed by atoms with Crippen LogP contribution in [0.3, 0.4) is 0 Å². The van der Waals surface area contributed by atoms with Crippen LogP contribution in [0, 0.1) is 0 Å². The van der Waals surface area contributed by atoms with Gasteiger partial charge in [0.05, 0.1) is 19.0 Å². The molecule has 0 bridgehead atoms. The highest BCUT2D eigenvalue weighted by molar-refractivity contribution is 7.99. The zero-order valence-electron chi connectivity index (χ0n) is 10.1. The number of rotatable bonds is 5. The lowest BCUT2D eigenvalue weighted by Gasteiger charge is -2.26. The number of carboxylic acid groups (broad SMARTS) is 1. The summed E-state index contributed by atoms with van der Waals surface area (Å²) in [6, 6.07) is 0. The molecule has 19 heavy (non-hydrogen) atoms. The first-order valence-corrected chi connectivity index (χ1v) is 6.61. The quantitative estimate of drug-likeness (QED) is 0.666. The number of aromatic nitrogens is 4. The fourth-order valence-corrected chi connectivity index (χ4v) is 2.34. The summed E-state index contributed by atoms with van der Waals surface area (Å²) in [7, 11) is 0. The molecule has 1 saturated heterocycles. The largest absolute Gasteiger partial charge is 0.480 e. The lowest BCUT2D eigenvalue weighted by atomic mass is 10.4. The van der Waals surface area contributed by atoms with E-state index in [0.717, 1.165) is 16.4 Å².